The maximum absolute atomic E-state index is 13.3. The van der Waals surface area contributed by atoms with Gasteiger partial charge in [0.1, 0.15) is 5.82 Å². The number of hydrogen-bond donors (Lipinski definition) is 1. The van der Waals surface area contributed by atoms with Gasteiger partial charge in [0.15, 0.2) is 0 Å². The maximum Gasteiger partial charge on any atom is 0.240 e. The van der Waals surface area contributed by atoms with E-state index in [1.54, 1.807) is 6.92 Å². The van der Waals surface area contributed by atoms with Crippen molar-refractivity contribution in [1.29, 1.82) is 0 Å². The summed E-state index contributed by atoms with van der Waals surface area (Å²) in [6.07, 6.45) is 0.943. The minimum Gasteiger partial charge on any atom is -0.371 e. The Morgan fingerprint density at radius 2 is 2.00 bits per heavy atom. The lowest BCUT2D eigenvalue weighted by Crippen LogP contribution is -2.31. The minimum absolute atomic E-state index is 0.111. The second-order valence-corrected chi connectivity index (χ2v) is 8.47. The van der Waals surface area contributed by atoms with Gasteiger partial charge in [-0.25, -0.2) is 17.5 Å². The fraction of sp³-hybridized carbons (Fsp3) is 0.368. The van der Waals surface area contributed by atoms with Gasteiger partial charge in [0, 0.05) is 25.3 Å². The van der Waals surface area contributed by atoms with Gasteiger partial charge in [-0.1, -0.05) is 12.1 Å². The molecule has 1 unspecified atom stereocenters. The molecule has 25 heavy (non-hydrogen) atoms. The molecule has 1 aliphatic heterocycles. The molecule has 1 N–H and O–H groups in total. The van der Waals surface area contributed by atoms with Crippen molar-refractivity contribution in [2.24, 2.45) is 5.92 Å². The van der Waals surface area contributed by atoms with Crippen LogP contribution < -0.4 is 9.62 Å². The number of sulfonamides is 1. The first-order valence-electron chi connectivity index (χ1n) is 8.42. The number of hydrogen-bond acceptors (Lipinski definition) is 3. The molecule has 1 aliphatic rings. The van der Waals surface area contributed by atoms with E-state index in [2.05, 4.69) is 34.7 Å². The molecule has 0 radical (unpaired) electrons. The van der Waals surface area contributed by atoms with Crippen LogP contribution in [0.4, 0.5) is 10.1 Å². The second kappa shape index (κ2) is 7.14. The van der Waals surface area contributed by atoms with Gasteiger partial charge in [0.2, 0.25) is 10.0 Å². The van der Waals surface area contributed by atoms with E-state index in [0.29, 0.717) is 12.1 Å². The predicted octanol–water partition coefficient (Wildman–Crippen LogP) is 3.25. The summed E-state index contributed by atoms with van der Waals surface area (Å²) in [7, 11) is -3.61. The van der Waals surface area contributed by atoms with Crippen LogP contribution in [0.5, 0.6) is 0 Å². The zero-order valence-corrected chi connectivity index (χ0v) is 15.3. The molecule has 3 rings (SSSR count). The third kappa shape index (κ3) is 4.19. The van der Waals surface area contributed by atoms with Crippen LogP contribution in [0.2, 0.25) is 0 Å². The number of aryl methyl sites for hydroxylation is 2. The van der Waals surface area contributed by atoms with Crippen LogP contribution >= 0.6 is 0 Å². The Hall–Kier alpha value is -1.92. The van der Waals surface area contributed by atoms with Gasteiger partial charge in [-0.05, 0) is 67.6 Å². The Labute approximate surface area is 148 Å². The summed E-state index contributed by atoms with van der Waals surface area (Å²) in [5.41, 5.74) is 2.72. The van der Waals surface area contributed by atoms with Gasteiger partial charge >= 0.3 is 0 Å². The SMILES string of the molecule is Cc1cccc(N2CCC(CNS(=O)(=O)c3ccc(F)c(C)c3)C2)c1. The van der Waals surface area contributed by atoms with E-state index in [1.165, 1.54) is 29.4 Å². The number of nitrogens with one attached hydrogen (secondary N) is 1. The van der Waals surface area contributed by atoms with Crippen molar-refractivity contribution in [2.75, 3.05) is 24.5 Å². The lowest BCUT2D eigenvalue weighted by Gasteiger charge is -2.19. The first kappa shape index (κ1) is 17.9. The third-order valence-corrected chi connectivity index (χ3v) is 6.08. The Morgan fingerprint density at radius 1 is 1.20 bits per heavy atom. The molecule has 1 atom stereocenters. The molecular weight excluding hydrogens is 339 g/mol. The zero-order chi connectivity index (χ0) is 18.0. The van der Waals surface area contributed by atoms with Crippen LogP contribution in [0.15, 0.2) is 47.4 Å². The summed E-state index contributed by atoms with van der Waals surface area (Å²) in [5, 5.41) is 0. The van der Waals surface area contributed by atoms with Gasteiger partial charge in [-0.3, -0.25) is 0 Å². The molecule has 1 heterocycles. The van der Waals surface area contributed by atoms with Crippen molar-refractivity contribution >= 4 is 15.7 Å². The fourth-order valence-corrected chi connectivity index (χ4v) is 4.35. The van der Waals surface area contributed by atoms with Crippen molar-refractivity contribution in [2.45, 2.75) is 25.2 Å². The highest BCUT2D eigenvalue weighted by Crippen LogP contribution is 2.24. The number of halogens is 1. The molecule has 1 saturated heterocycles. The number of rotatable bonds is 5. The molecule has 2 aromatic carbocycles. The van der Waals surface area contributed by atoms with Crippen molar-refractivity contribution in [3.63, 3.8) is 0 Å². The lowest BCUT2D eigenvalue weighted by molar-refractivity contribution is 0.541. The van der Waals surface area contributed by atoms with E-state index < -0.39 is 15.8 Å². The number of benzene rings is 2. The average Bonchev–Trinajstić information content (AvgIpc) is 3.05. The monoisotopic (exact) mass is 362 g/mol. The smallest absolute Gasteiger partial charge is 0.240 e. The molecule has 0 aromatic heterocycles. The normalized spacial score (nSPS) is 17.9. The first-order chi connectivity index (χ1) is 11.8. The molecular formula is C19H23FN2O2S. The van der Waals surface area contributed by atoms with Crippen LogP contribution in [-0.2, 0) is 10.0 Å². The quantitative estimate of drug-likeness (QED) is 0.888. The summed E-state index contributed by atoms with van der Waals surface area (Å²) in [5.74, 6) is -0.139. The maximum atomic E-state index is 13.3. The first-order valence-corrected chi connectivity index (χ1v) is 9.91. The molecule has 0 aliphatic carbocycles. The van der Waals surface area contributed by atoms with E-state index in [0.717, 1.165) is 19.5 Å². The third-order valence-electron chi connectivity index (χ3n) is 4.65. The van der Waals surface area contributed by atoms with Crippen LogP contribution in [0.3, 0.4) is 0 Å². The Morgan fingerprint density at radius 3 is 2.72 bits per heavy atom. The van der Waals surface area contributed by atoms with Crippen LogP contribution in [0.25, 0.3) is 0 Å². The Bertz CT molecular complexity index is 867. The number of anilines is 1. The minimum atomic E-state index is -3.61. The summed E-state index contributed by atoms with van der Waals surface area (Å²) >= 11 is 0. The fourth-order valence-electron chi connectivity index (χ4n) is 3.15. The van der Waals surface area contributed by atoms with E-state index in [1.807, 2.05) is 6.07 Å². The van der Waals surface area contributed by atoms with Crippen molar-refractivity contribution < 1.29 is 12.8 Å². The molecule has 1 fully saturated rings. The molecule has 0 bridgehead atoms. The Kier molecular flexibility index (Phi) is 5.11. The van der Waals surface area contributed by atoms with Crippen molar-refractivity contribution in [1.82, 2.24) is 4.72 Å². The van der Waals surface area contributed by atoms with E-state index in [9.17, 15) is 12.8 Å². The van der Waals surface area contributed by atoms with Crippen LogP contribution in [0, 0.1) is 25.6 Å². The van der Waals surface area contributed by atoms with Gasteiger partial charge in [-0.2, -0.15) is 0 Å². The van der Waals surface area contributed by atoms with Gasteiger partial charge in [-0.15, -0.1) is 0 Å². The molecule has 6 heteroatoms. The summed E-state index contributed by atoms with van der Waals surface area (Å²) in [6.45, 7) is 5.77. The van der Waals surface area contributed by atoms with E-state index in [-0.39, 0.29) is 10.8 Å². The summed E-state index contributed by atoms with van der Waals surface area (Å²) in [4.78, 5) is 2.40. The van der Waals surface area contributed by atoms with Crippen LogP contribution in [0.1, 0.15) is 17.5 Å². The number of nitrogens with zero attached hydrogens (tertiary/aromatic N) is 1. The molecule has 0 saturated carbocycles. The largest absolute Gasteiger partial charge is 0.371 e. The van der Waals surface area contributed by atoms with E-state index >= 15 is 0 Å². The standard InChI is InChI=1S/C19H23FN2O2S/c1-14-4-3-5-17(10-14)22-9-8-16(13-22)12-21-25(23,24)18-6-7-19(20)15(2)11-18/h3-7,10-11,16,21H,8-9,12-13H2,1-2H3. The molecule has 0 spiro atoms. The van der Waals surface area contributed by atoms with Crippen molar-refractivity contribution in [3.05, 3.63) is 59.4 Å². The molecule has 0 amide bonds. The zero-order valence-electron chi connectivity index (χ0n) is 14.5. The second-order valence-electron chi connectivity index (χ2n) is 6.70. The molecule has 4 nitrogen and oxygen atoms in total. The highest BCUT2D eigenvalue weighted by atomic mass is 32.2. The topological polar surface area (TPSA) is 49.4 Å². The average molecular weight is 362 g/mol. The van der Waals surface area contributed by atoms with Gasteiger partial charge < -0.3 is 4.90 Å². The van der Waals surface area contributed by atoms with E-state index in [4.69, 9.17) is 0 Å². The molecule has 2 aromatic rings. The highest BCUT2D eigenvalue weighted by molar-refractivity contribution is 7.89. The predicted molar refractivity (Wildman–Crippen MR) is 97.8 cm³/mol. The summed E-state index contributed by atoms with van der Waals surface area (Å²) < 4.78 is 40.8. The van der Waals surface area contributed by atoms with Crippen molar-refractivity contribution in [3.8, 4) is 0 Å². The molecule has 134 valence electrons. The highest BCUT2D eigenvalue weighted by Gasteiger charge is 2.25. The van der Waals surface area contributed by atoms with Gasteiger partial charge in [0.25, 0.3) is 0 Å². The summed E-state index contributed by atoms with van der Waals surface area (Å²) in [6, 6.07) is 12.2. The Balaban J connectivity index is 1.61. The van der Waals surface area contributed by atoms with Gasteiger partial charge in [0.05, 0.1) is 4.90 Å². The van der Waals surface area contributed by atoms with Crippen LogP contribution in [-0.4, -0.2) is 28.1 Å². The lowest BCUT2D eigenvalue weighted by atomic mass is 10.1.